The Hall–Kier alpha value is -2.71. The molecule has 0 unspecified atom stereocenters. The molecule has 0 saturated carbocycles. The lowest BCUT2D eigenvalue weighted by molar-refractivity contribution is 0.0956. The van der Waals surface area contributed by atoms with Gasteiger partial charge in [0.1, 0.15) is 5.76 Å². The van der Waals surface area contributed by atoms with Gasteiger partial charge < -0.3 is 9.73 Å². The molecule has 0 bridgehead atoms. The quantitative estimate of drug-likeness (QED) is 0.523. The summed E-state index contributed by atoms with van der Waals surface area (Å²) in [5, 5.41) is 2.86. The normalized spacial score (nSPS) is 11.2. The monoisotopic (exact) mass is 430 g/mol. The molecule has 0 aliphatic heterocycles. The van der Waals surface area contributed by atoms with E-state index in [1.165, 1.54) is 11.4 Å². The Bertz CT molecular complexity index is 1020. The van der Waals surface area contributed by atoms with Crippen LogP contribution >= 0.6 is 11.8 Å². The Kier molecular flexibility index (Phi) is 7.00. The van der Waals surface area contributed by atoms with Crippen molar-refractivity contribution in [3.05, 3.63) is 84.3 Å². The second-order valence-electron chi connectivity index (χ2n) is 6.22. The van der Waals surface area contributed by atoms with Gasteiger partial charge in [0.15, 0.2) is 0 Å². The van der Waals surface area contributed by atoms with Gasteiger partial charge in [0.05, 0.1) is 22.6 Å². The molecular weight excluding hydrogens is 408 g/mol. The van der Waals surface area contributed by atoms with Crippen LogP contribution in [0.25, 0.3) is 0 Å². The van der Waals surface area contributed by atoms with E-state index >= 15 is 0 Å². The van der Waals surface area contributed by atoms with E-state index in [0.717, 1.165) is 17.3 Å². The summed E-state index contributed by atoms with van der Waals surface area (Å²) in [6.45, 7) is 0.536. The summed E-state index contributed by atoms with van der Waals surface area (Å²) in [7, 11) is -2.15. The molecular formula is C21H22N2O4S2. The number of nitrogens with zero attached hydrogens (tertiary/aromatic N) is 1. The first-order valence-electron chi connectivity index (χ1n) is 9.01. The number of furan rings is 1. The topological polar surface area (TPSA) is 79.6 Å². The maximum Gasteiger partial charge on any atom is 0.264 e. The van der Waals surface area contributed by atoms with Crippen LogP contribution in [-0.4, -0.2) is 33.7 Å². The molecule has 0 saturated heterocycles. The standard InChI is InChI=1S/C21H22N2O4S2/c1-23(29(25,26)20-7-3-2-4-8-20)18-11-9-17(10-12-18)21(24)22-13-15-28-16-19-6-5-14-27-19/h2-12,14H,13,15-16H2,1H3,(H,22,24). The number of amides is 1. The van der Waals surface area contributed by atoms with E-state index in [0.29, 0.717) is 17.8 Å². The predicted octanol–water partition coefficient (Wildman–Crippen LogP) is 3.77. The summed E-state index contributed by atoms with van der Waals surface area (Å²) < 4.78 is 31.8. The number of anilines is 1. The average molecular weight is 431 g/mol. The van der Waals surface area contributed by atoms with Crippen molar-refractivity contribution in [2.24, 2.45) is 0 Å². The Morgan fingerprint density at radius 2 is 1.76 bits per heavy atom. The fourth-order valence-electron chi connectivity index (χ4n) is 2.62. The van der Waals surface area contributed by atoms with Gasteiger partial charge in [-0.25, -0.2) is 8.42 Å². The zero-order chi connectivity index (χ0) is 20.7. The van der Waals surface area contributed by atoms with Crippen molar-refractivity contribution in [1.29, 1.82) is 0 Å². The maximum absolute atomic E-state index is 12.7. The number of rotatable bonds is 9. The van der Waals surface area contributed by atoms with Crippen molar-refractivity contribution >= 4 is 33.4 Å². The maximum atomic E-state index is 12.7. The summed E-state index contributed by atoms with van der Waals surface area (Å²) >= 11 is 1.67. The summed E-state index contributed by atoms with van der Waals surface area (Å²) in [6.07, 6.45) is 1.64. The predicted molar refractivity (Wildman–Crippen MR) is 116 cm³/mol. The van der Waals surface area contributed by atoms with E-state index in [4.69, 9.17) is 4.42 Å². The Balaban J connectivity index is 1.53. The molecule has 1 aromatic heterocycles. The minimum Gasteiger partial charge on any atom is -0.468 e. The molecule has 1 N–H and O–H groups in total. The van der Waals surface area contributed by atoms with Gasteiger partial charge in [0.25, 0.3) is 15.9 Å². The largest absolute Gasteiger partial charge is 0.468 e. The number of sulfonamides is 1. The van der Waals surface area contributed by atoms with Crippen molar-refractivity contribution in [3.63, 3.8) is 0 Å². The van der Waals surface area contributed by atoms with Crippen LogP contribution in [0, 0.1) is 0 Å². The molecule has 152 valence electrons. The van der Waals surface area contributed by atoms with Crippen molar-refractivity contribution in [1.82, 2.24) is 5.32 Å². The first-order valence-corrected chi connectivity index (χ1v) is 11.6. The van der Waals surface area contributed by atoms with E-state index in [1.54, 1.807) is 72.6 Å². The first-order chi connectivity index (χ1) is 14.0. The fourth-order valence-corrected chi connectivity index (χ4v) is 4.59. The van der Waals surface area contributed by atoms with Gasteiger partial charge in [-0.1, -0.05) is 18.2 Å². The molecule has 6 nitrogen and oxygen atoms in total. The smallest absolute Gasteiger partial charge is 0.264 e. The van der Waals surface area contributed by atoms with Gasteiger partial charge >= 0.3 is 0 Å². The van der Waals surface area contributed by atoms with Crippen LogP contribution in [0.1, 0.15) is 16.1 Å². The van der Waals surface area contributed by atoms with Crippen LogP contribution in [0.5, 0.6) is 0 Å². The number of benzene rings is 2. The Labute approximate surface area is 175 Å². The van der Waals surface area contributed by atoms with Gasteiger partial charge in [-0.05, 0) is 48.5 Å². The van der Waals surface area contributed by atoms with Crippen molar-refractivity contribution < 1.29 is 17.6 Å². The van der Waals surface area contributed by atoms with Gasteiger partial charge in [-0.3, -0.25) is 9.10 Å². The zero-order valence-corrected chi connectivity index (χ0v) is 17.6. The molecule has 3 aromatic rings. The third-order valence-electron chi connectivity index (χ3n) is 4.25. The van der Waals surface area contributed by atoms with Gasteiger partial charge in [0, 0.05) is 24.9 Å². The van der Waals surface area contributed by atoms with E-state index in [1.807, 2.05) is 12.1 Å². The van der Waals surface area contributed by atoms with Crippen LogP contribution in [0.2, 0.25) is 0 Å². The van der Waals surface area contributed by atoms with E-state index in [9.17, 15) is 13.2 Å². The summed E-state index contributed by atoms with van der Waals surface area (Å²) in [5.74, 6) is 2.25. The number of carbonyl (C=O) groups is 1. The molecule has 0 radical (unpaired) electrons. The SMILES string of the molecule is CN(c1ccc(C(=O)NCCSCc2ccco2)cc1)S(=O)(=O)c1ccccc1. The highest BCUT2D eigenvalue weighted by atomic mass is 32.2. The van der Waals surface area contributed by atoms with Crippen molar-refractivity contribution in [2.45, 2.75) is 10.6 Å². The summed E-state index contributed by atoms with van der Waals surface area (Å²) in [6, 6.07) is 18.5. The van der Waals surface area contributed by atoms with Crippen LogP contribution in [0.3, 0.4) is 0 Å². The van der Waals surface area contributed by atoms with E-state index < -0.39 is 10.0 Å². The first kappa shape index (κ1) is 21.0. The van der Waals surface area contributed by atoms with Crippen molar-refractivity contribution in [2.75, 3.05) is 23.7 Å². The Morgan fingerprint density at radius 1 is 1.03 bits per heavy atom. The molecule has 2 aromatic carbocycles. The second-order valence-corrected chi connectivity index (χ2v) is 9.29. The molecule has 1 amide bonds. The molecule has 0 aliphatic rings. The second kappa shape index (κ2) is 9.67. The molecule has 0 atom stereocenters. The van der Waals surface area contributed by atoms with Crippen LogP contribution < -0.4 is 9.62 Å². The minimum absolute atomic E-state index is 0.191. The summed E-state index contributed by atoms with van der Waals surface area (Å²) in [5.41, 5.74) is 0.967. The zero-order valence-electron chi connectivity index (χ0n) is 15.9. The van der Waals surface area contributed by atoms with Crippen LogP contribution in [0.15, 0.2) is 82.3 Å². The highest BCUT2D eigenvalue weighted by Gasteiger charge is 2.21. The molecule has 0 fully saturated rings. The van der Waals surface area contributed by atoms with Gasteiger partial charge in [0.2, 0.25) is 0 Å². The van der Waals surface area contributed by atoms with Gasteiger partial charge in [-0.2, -0.15) is 11.8 Å². The third-order valence-corrected chi connectivity index (χ3v) is 7.03. The number of hydrogen-bond donors (Lipinski definition) is 1. The van der Waals surface area contributed by atoms with E-state index in [-0.39, 0.29) is 10.8 Å². The molecule has 8 heteroatoms. The summed E-state index contributed by atoms with van der Waals surface area (Å²) in [4.78, 5) is 12.5. The lowest BCUT2D eigenvalue weighted by Gasteiger charge is -2.19. The highest BCUT2D eigenvalue weighted by molar-refractivity contribution is 7.98. The minimum atomic E-state index is -3.64. The number of carbonyl (C=O) groups excluding carboxylic acids is 1. The van der Waals surface area contributed by atoms with Gasteiger partial charge in [-0.15, -0.1) is 0 Å². The lowest BCUT2D eigenvalue weighted by atomic mass is 10.2. The molecule has 0 aliphatic carbocycles. The highest BCUT2D eigenvalue weighted by Crippen LogP contribution is 2.22. The van der Waals surface area contributed by atoms with E-state index in [2.05, 4.69) is 5.32 Å². The third kappa shape index (κ3) is 5.42. The molecule has 29 heavy (non-hydrogen) atoms. The van der Waals surface area contributed by atoms with Crippen LogP contribution in [-0.2, 0) is 15.8 Å². The van der Waals surface area contributed by atoms with Crippen LogP contribution in [0.4, 0.5) is 5.69 Å². The molecule has 3 rings (SSSR count). The number of hydrogen-bond acceptors (Lipinski definition) is 5. The van der Waals surface area contributed by atoms with Crippen molar-refractivity contribution in [3.8, 4) is 0 Å². The number of thioether (sulfide) groups is 1. The fraction of sp³-hybridized carbons (Fsp3) is 0.190. The number of nitrogens with one attached hydrogen (secondary N) is 1. The lowest BCUT2D eigenvalue weighted by Crippen LogP contribution is -2.27. The average Bonchev–Trinajstić information content (AvgIpc) is 3.27. The molecule has 1 heterocycles. The molecule has 0 spiro atoms. The Morgan fingerprint density at radius 3 is 2.41 bits per heavy atom.